The highest BCUT2D eigenvalue weighted by molar-refractivity contribution is 5.97. The van der Waals surface area contributed by atoms with Gasteiger partial charge < -0.3 is 15.5 Å². The Morgan fingerprint density at radius 3 is 2.85 bits per heavy atom. The molecule has 2 aromatic rings. The zero-order valence-electron chi connectivity index (χ0n) is 15.0. The molecule has 0 aromatic heterocycles. The van der Waals surface area contributed by atoms with E-state index in [0.29, 0.717) is 31.6 Å². The summed E-state index contributed by atoms with van der Waals surface area (Å²) in [7, 11) is 0. The van der Waals surface area contributed by atoms with Crippen molar-refractivity contribution in [3.63, 3.8) is 0 Å². The number of carbonyl (C=O) groups excluding carboxylic acids is 2. The van der Waals surface area contributed by atoms with Crippen LogP contribution in [-0.2, 0) is 29.1 Å². The van der Waals surface area contributed by atoms with Gasteiger partial charge in [0.15, 0.2) is 0 Å². The van der Waals surface area contributed by atoms with Crippen molar-refractivity contribution in [1.82, 2.24) is 10.2 Å². The lowest BCUT2D eigenvalue weighted by Gasteiger charge is -2.20. The Labute approximate surface area is 157 Å². The summed E-state index contributed by atoms with van der Waals surface area (Å²) in [6.45, 7) is 2.22. The van der Waals surface area contributed by atoms with Crippen LogP contribution in [0.3, 0.4) is 0 Å². The van der Waals surface area contributed by atoms with E-state index in [-0.39, 0.29) is 29.7 Å². The van der Waals surface area contributed by atoms with Crippen LogP contribution in [0.25, 0.3) is 0 Å². The Balaban J connectivity index is 1.43. The molecule has 0 aliphatic carbocycles. The van der Waals surface area contributed by atoms with Gasteiger partial charge in [0.25, 0.3) is 0 Å². The molecule has 6 heteroatoms. The number of nitrogens with one attached hydrogen (secondary N) is 2. The minimum atomic E-state index is -0.460. The van der Waals surface area contributed by atoms with E-state index in [1.165, 1.54) is 0 Å². The van der Waals surface area contributed by atoms with Crippen LogP contribution in [0.5, 0.6) is 0 Å². The Morgan fingerprint density at radius 2 is 2.04 bits per heavy atom. The monoisotopic (exact) mass is 367 g/mol. The zero-order chi connectivity index (χ0) is 18.8. The van der Waals surface area contributed by atoms with Gasteiger partial charge in [-0.15, -0.1) is 0 Å². The first-order valence-electron chi connectivity index (χ1n) is 9.25. The minimum Gasteiger partial charge on any atom is -0.338 e. The molecule has 1 atom stereocenters. The largest absolute Gasteiger partial charge is 0.338 e. The van der Waals surface area contributed by atoms with Crippen LogP contribution in [-0.4, -0.2) is 29.8 Å². The number of hydrogen-bond donors (Lipinski definition) is 2. The SMILES string of the molecule is O=C(Nc1ccc2c(c1F)CCNC2)C1CC(=O)N(Cc2ccccc2)C1. The van der Waals surface area contributed by atoms with Crippen molar-refractivity contribution < 1.29 is 14.0 Å². The number of hydrogen-bond acceptors (Lipinski definition) is 3. The van der Waals surface area contributed by atoms with Crippen molar-refractivity contribution in [1.29, 1.82) is 0 Å². The number of rotatable bonds is 4. The number of likely N-dealkylation sites (tertiary alicyclic amines) is 1. The smallest absolute Gasteiger partial charge is 0.229 e. The van der Waals surface area contributed by atoms with E-state index < -0.39 is 5.92 Å². The predicted octanol–water partition coefficient (Wildman–Crippen LogP) is 2.46. The number of fused-ring (bicyclic) bond motifs is 1. The molecule has 2 aliphatic rings. The molecule has 2 amide bonds. The maximum atomic E-state index is 14.7. The molecule has 4 rings (SSSR count). The van der Waals surface area contributed by atoms with Crippen LogP contribution in [0, 0.1) is 11.7 Å². The summed E-state index contributed by atoms with van der Waals surface area (Å²) in [5.74, 6) is -1.16. The number of nitrogens with zero attached hydrogens (tertiary/aromatic N) is 1. The second kappa shape index (κ2) is 7.48. The van der Waals surface area contributed by atoms with Crippen LogP contribution in [0.2, 0.25) is 0 Å². The average Bonchev–Trinajstić information content (AvgIpc) is 3.05. The standard InChI is InChI=1S/C21H22FN3O2/c22-20-17-8-9-23-11-15(17)6-7-18(20)24-21(27)16-10-19(26)25(13-16)12-14-4-2-1-3-5-14/h1-7,16,23H,8-13H2,(H,24,27). The van der Waals surface area contributed by atoms with Gasteiger partial charge in [-0.2, -0.15) is 0 Å². The summed E-state index contributed by atoms with van der Waals surface area (Å²) in [4.78, 5) is 26.6. The average molecular weight is 367 g/mol. The molecule has 1 unspecified atom stereocenters. The molecule has 0 spiro atoms. The van der Waals surface area contributed by atoms with Gasteiger partial charge in [0.05, 0.1) is 11.6 Å². The van der Waals surface area contributed by atoms with Crippen molar-refractivity contribution in [2.75, 3.05) is 18.4 Å². The lowest BCUT2D eigenvalue weighted by Crippen LogP contribution is -2.29. The van der Waals surface area contributed by atoms with E-state index in [4.69, 9.17) is 0 Å². The van der Waals surface area contributed by atoms with Crippen LogP contribution < -0.4 is 10.6 Å². The van der Waals surface area contributed by atoms with Crippen molar-refractivity contribution in [3.8, 4) is 0 Å². The van der Waals surface area contributed by atoms with Crippen LogP contribution in [0.4, 0.5) is 10.1 Å². The molecule has 27 heavy (non-hydrogen) atoms. The molecule has 0 radical (unpaired) electrons. The summed E-state index contributed by atoms with van der Waals surface area (Å²) in [6, 6.07) is 13.1. The molecule has 0 saturated carbocycles. The molecule has 0 bridgehead atoms. The van der Waals surface area contributed by atoms with E-state index >= 15 is 0 Å². The van der Waals surface area contributed by atoms with Gasteiger partial charge in [-0.3, -0.25) is 9.59 Å². The third kappa shape index (κ3) is 3.71. The van der Waals surface area contributed by atoms with Gasteiger partial charge >= 0.3 is 0 Å². The van der Waals surface area contributed by atoms with Crippen LogP contribution >= 0.6 is 0 Å². The van der Waals surface area contributed by atoms with E-state index in [9.17, 15) is 14.0 Å². The quantitative estimate of drug-likeness (QED) is 0.873. The number of halogens is 1. The minimum absolute atomic E-state index is 0.0454. The van der Waals surface area contributed by atoms with E-state index in [1.54, 1.807) is 11.0 Å². The number of benzene rings is 2. The molecule has 2 heterocycles. The third-order valence-corrected chi connectivity index (χ3v) is 5.27. The molecule has 5 nitrogen and oxygen atoms in total. The number of carbonyl (C=O) groups is 2. The second-order valence-corrected chi connectivity index (χ2v) is 7.14. The molecule has 1 saturated heterocycles. The number of anilines is 1. The van der Waals surface area contributed by atoms with Gasteiger partial charge in [0.1, 0.15) is 5.82 Å². The fourth-order valence-electron chi connectivity index (χ4n) is 3.77. The van der Waals surface area contributed by atoms with Crippen LogP contribution in [0.1, 0.15) is 23.1 Å². The Morgan fingerprint density at radius 1 is 1.22 bits per heavy atom. The molecule has 1 fully saturated rings. The molecule has 2 aliphatic heterocycles. The fourth-order valence-corrected chi connectivity index (χ4v) is 3.77. The molecule has 140 valence electrons. The summed E-state index contributed by atoms with van der Waals surface area (Å²) in [6.07, 6.45) is 0.771. The lowest BCUT2D eigenvalue weighted by molar-refractivity contribution is -0.128. The first-order valence-corrected chi connectivity index (χ1v) is 9.25. The van der Waals surface area contributed by atoms with Crippen molar-refractivity contribution in [2.24, 2.45) is 5.92 Å². The predicted molar refractivity (Wildman–Crippen MR) is 100 cm³/mol. The van der Waals surface area contributed by atoms with Crippen molar-refractivity contribution in [3.05, 3.63) is 65.0 Å². The highest BCUT2D eigenvalue weighted by Crippen LogP contribution is 2.27. The summed E-state index contributed by atoms with van der Waals surface area (Å²) in [5.41, 5.74) is 2.83. The molecule has 2 N–H and O–H groups in total. The summed E-state index contributed by atoms with van der Waals surface area (Å²) >= 11 is 0. The molecular weight excluding hydrogens is 345 g/mol. The van der Waals surface area contributed by atoms with Gasteiger partial charge in [-0.1, -0.05) is 36.4 Å². The van der Waals surface area contributed by atoms with E-state index in [2.05, 4.69) is 10.6 Å². The first kappa shape index (κ1) is 17.7. The van der Waals surface area contributed by atoms with Gasteiger partial charge in [0, 0.05) is 26.1 Å². The normalized spacial score (nSPS) is 19.1. The second-order valence-electron chi connectivity index (χ2n) is 7.14. The van der Waals surface area contributed by atoms with Gasteiger partial charge in [-0.25, -0.2) is 4.39 Å². The Hall–Kier alpha value is -2.73. The number of amides is 2. The lowest BCUT2D eigenvalue weighted by atomic mass is 9.99. The maximum absolute atomic E-state index is 14.7. The van der Waals surface area contributed by atoms with Gasteiger partial charge in [0.2, 0.25) is 11.8 Å². The van der Waals surface area contributed by atoms with Crippen molar-refractivity contribution >= 4 is 17.5 Å². The summed E-state index contributed by atoms with van der Waals surface area (Å²) < 4.78 is 14.7. The van der Waals surface area contributed by atoms with E-state index in [0.717, 1.165) is 17.7 Å². The highest BCUT2D eigenvalue weighted by Gasteiger charge is 2.34. The highest BCUT2D eigenvalue weighted by atomic mass is 19.1. The van der Waals surface area contributed by atoms with Crippen LogP contribution in [0.15, 0.2) is 42.5 Å². The van der Waals surface area contributed by atoms with Gasteiger partial charge in [-0.05, 0) is 35.7 Å². The maximum Gasteiger partial charge on any atom is 0.229 e. The topological polar surface area (TPSA) is 61.4 Å². The summed E-state index contributed by atoms with van der Waals surface area (Å²) in [5, 5.41) is 5.90. The van der Waals surface area contributed by atoms with Crippen molar-refractivity contribution in [2.45, 2.75) is 25.9 Å². The Kier molecular flexibility index (Phi) is 4.90. The zero-order valence-corrected chi connectivity index (χ0v) is 15.0. The molecule has 2 aromatic carbocycles. The first-order chi connectivity index (χ1) is 13.1. The molecular formula is C21H22FN3O2. The fraction of sp³-hybridized carbons (Fsp3) is 0.333. The van der Waals surface area contributed by atoms with E-state index in [1.807, 2.05) is 36.4 Å². The Bertz CT molecular complexity index is 869. The third-order valence-electron chi connectivity index (χ3n) is 5.27.